The van der Waals surface area contributed by atoms with Gasteiger partial charge in [-0.25, -0.2) is 4.68 Å². The van der Waals surface area contributed by atoms with Crippen molar-refractivity contribution in [2.24, 2.45) is 5.92 Å². The molecule has 2 aromatic carbocycles. The third-order valence-corrected chi connectivity index (χ3v) is 5.65. The van der Waals surface area contributed by atoms with Crippen molar-refractivity contribution in [3.05, 3.63) is 94.4 Å². The Balaban J connectivity index is 1.50. The van der Waals surface area contributed by atoms with Crippen LogP contribution in [-0.2, 0) is 13.1 Å². The van der Waals surface area contributed by atoms with Gasteiger partial charge in [0, 0.05) is 18.7 Å². The van der Waals surface area contributed by atoms with Gasteiger partial charge in [0.2, 0.25) is 0 Å². The van der Waals surface area contributed by atoms with Crippen LogP contribution in [0, 0.1) is 5.92 Å². The van der Waals surface area contributed by atoms with Crippen LogP contribution in [0.1, 0.15) is 35.8 Å². The molecule has 1 amide bonds. The van der Waals surface area contributed by atoms with E-state index in [9.17, 15) is 9.59 Å². The minimum Gasteiger partial charge on any atom is -0.492 e. The van der Waals surface area contributed by atoms with Gasteiger partial charge in [-0.1, -0.05) is 48.5 Å². The molecule has 4 rings (SSSR count). The topological polar surface area (TPSA) is 64.4 Å². The third kappa shape index (κ3) is 5.40. The number of para-hydroxylation sites is 1. The molecule has 0 saturated heterocycles. The lowest BCUT2D eigenvalue weighted by molar-refractivity contribution is 0.0644. The molecule has 1 aliphatic rings. The molecule has 0 N–H and O–H groups in total. The largest absolute Gasteiger partial charge is 0.492 e. The summed E-state index contributed by atoms with van der Waals surface area (Å²) >= 11 is 0. The molecule has 1 aliphatic carbocycles. The Morgan fingerprint density at radius 2 is 1.74 bits per heavy atom. The molecule has 0 bridgehead atoms. The molecule has 1 aromatic heterocycles. The van der Waals surface area contributed by atoms with Crippen molar-refractivity contribution in [3.8, 4) is 5.75 Å². The number of aromatic nitrogens is 2. The maximum atomic E-state index is 13.4. The normalized spacial score (nSPS) is 14.1. The molecule has 1 atom stereocenters. The van der Waals surface area contributed by atoms with Gasteiger partial charge in [-0.15, -0.1) is 0 Å². The Hall–Kier alpha value is -3.41. The number of nitrogens with zero attached hydrogens (tertiary/aromatic N) is 3. The van der Waals surface area contributed by atoms with Gasteiger partial charge in [-0.2, -0.15) is 5.10 Å². The van der Waals surface area contributed by atoms with Crippen LogP contribution >= 0.6 is 0 Å². The number of carbonyl (C=O) groups is 1. The Labute approximate surface area is 182 Å². The summed E-state index contributed by atoms with van der Waals surface area (Å²) in [6.07, 6.45) is 2.28. The number of hydrogen-bond donors (Lipinski definition) is 0. The first-order valence-electron chi connectivity index (χ1n) is 10.7. The number of hydrogen-bond acceptors (Lipinski definition) is 4. The SMILES string of the molecule is CC(C1CC1)N(Cc1ccccc1)C(=O)c1ccc(=O)n(CCOc2ccccc2)n1. The molecule has 31 heavy (non-hydrogen) atoms. The average molecular weight is 418 g/mol. The van der Waals surface area contributed by atoms with Crippen molar-refractivity contribution >= 4 is 5.91 Å². The monoisotopic (exact) mass is 417 g/mol. The third-order valence-electron chi connectivity index (χ3n) is 5.65. The predicted octanol–water partition coefficient (Wildman–Crippen LogP) is 3.76. The highest BCUT2D eigenvalue weighted by Crippen LogP contribution is 2.36. The van der Waals surface area contributed by atoms with Crippen LogP contribution in [0.4, 0.5) is 0 Å². The fourth-order valence-electron chi connectivity index (χ4n) is 3.65. The summed E-state index contributed by atoms with van der Waals surface area (Å²) in [6, 6.07) is 22.4. The lowest BCUT2D eigenvalue weighted by Crippen LogP contribution is -2.40. The van der Waals surface area contributed by atoms with E-state index in [1.807, 2.05) is 65.6 Å². The van der Waals surface area contributed by atoms with E-state index in [1.165, 1.54) is 16.8 Å². The van der Waals surface area contributed by atoms with E-state index in [-0.39, 0.29) is 29.7 Å². The quantitative estimate of drug-likeness (QED) is 0.532. The van der Waals surface area contributed by atoms with E-state index in [4.69, 9.17) is 4.74 Å². The molecule has 0 aliphatic heterocycles. The predicted molar refractivity (Wildman–Crippen MR) is 119 cm³/mol. The molecule has 0 radical (unpaired) electrons. The van der Waals surface area contributed by atoms with E-state index in [1.54, 1.807) is 0 Å². The maximum Gasteiger partial charge on any atom is 0.274 e. The lowest BCUT2D eigenvalue weighted by atomic mass is 10.1. The number of rotatable bonds is 9. The molecule has 3 aromatic rings. The van der Waals surface area contributed by atoms with Gasteiger partial charge in [0.25, 0.3) is 11.5 Å². The maximum absolute atomic E-state index is 13.4. The molecule has 1 saturated carbocycles. The van der Waals surface area contributed by atoms with Gasteiger partial charge in [0.05, 0.1) is 6.54 Å². The molecule has 0 spiro atoms. The highest BCUT2D eigenvalue weighted by molar-refractivity contribution is 5.92. The molecule has 160 valence electrons. The highest BCUT2D eigenvalue weighted by atomic mass is 16.5. The van der Waals surface area contributed by atoms with E-state index in [0.717, 1.165) is 24.2 Å². The zero-order valence-electron chi connectivity index (χ0n) is 17.7. The molecular weight excluding hydrogens is 390 g/mol. The van der Waals surface area contributed by atoms with E-state index in [2.05, 4.69) is 12.0 Å². The molecule has 6 heteroatoms. The van der Waals surface area contributed by atoms with E-state index in [0.29, 0.717) is 19.1 Å². The van der Waals surface area contributed by atoms with Crippen LogP contribution < -0.4 is 10.3 Å². The summed E-state index contributed by atoms with van der Waals surface area (Å²) in [4.78, 5) is 27.5. The molecular formula is C25H27N3O3. The molecule has 1 heterocycles. The van der Waals surface area contributed by atoms with Crippen molar-refractivity contribution in [2.75, 3.05) is 6.61 Å². The second-order valence-corrected chi connectivity index (χ2v) is 7.94. The summed E-state index contributed by atoms with van der Waals surface area (Å²) in [5.41, 5.74) is 1.11. The second-order valence-electron chi connectivity index (χ2n) is 7.94. The summed E-state index contributed by atoms with van der Waals surface area (Å²) in [6.45, 7) is 3.18. The van der Waals surface area contributed by atoms with Crippen LogP contribution in [0.15, 0.2) is 77.6 Å². The van der Waals surface area contributed by atoms with Crippen molar-refractivity contribution < 1.29 is 9.53 Å². The van der Waals surface area contributed by atoms with Crippen LogP contribution in [0.3, 0.4) is 0 Å². The fraction of sp³-hybridized carbons (Fsp3) is 0.320. The molecule has 1 unspecified atom stereocenters. The van der Waals surface area contributed by atoms with E-state index < -0.39 is 0 Å². The number of amides is 1. The minimum absolute atomic E-state index is 0.122. The van der Waals surface area contributed by atoms with Crippen molar-refractivity contribution in [2.45, 2.75) is 38.9 Å². The summed E-state index contributed by atoms with van der Waals surface area (Å²) in [5, 5.41) is 4.36. The Morgan fingerprint density at radius 1 is 1.06 bits per heavy atom. The van der Waals surface area contributed by atoms with Gasteiger partial charge in [0.1, 0.15) is 18.1 Å². The standard InChI is InChI=1S/C25H27N3O3/c1-19(21-12-13-21)27(18-20-8-4-2-5-9-20)25(30)23-14-15-24(29)28(26-23)16-17-31-22-10-6-3-7-11-22/h2-11,14-15,19,21H,12-13,16-18H2,1H3. The number of carbonyl (C=O) groups excluding carboxylic acids is 1. The summed E-state index contributed by atoms with van der Waals surface area (Å²) in [5.74, 6) is 1.11. The zero-order chi connectivity index (χ0) is 21.6. The second kappa shape index (κ2) is 9.60. The number of ether oxygens (including phenoxy) is 1. The van der Waals surface area contributed by atoms with Crippen LogP contribution in [0.2, 0.25) is 0 Å². The molecule has 6 nitrogen and oxygen atoms in total. The minimum atomic E-state index is -0.252. The van der Waals surface area contributed by atoms with Gasteiger partial charge in [0.15, 0.2) is 0 Å². The zero-order valence-corrected chi connectivity index (χ0v) is 17.7. The Bertz CT molecular complexity index is 1060. The summed E-state index contributed by atoms with van der Waals surface area (Å²) < 4.78 is 6.98. The Kier molecular flexibility index (Phi) is 6.46. The van der Waals surface area contributed by atoms with Crippen LogP contribution in [-0.4, -0.2) is 33.2 Å². The van der Waals surface area contributed by atoms with Gasteiger partial charge < -0.3 is 9.64 Å². The summed E-state index contributed by atoms with van der Waals surface area (Å²) in [7, 11) is 0. The van der Waals surface area contributed by atoms with Crippen LogP contribution in [0.25, 0.3) is 0 Å². The van der Waals surface area contributed by atoms with Gasteiger partial charge in [-0.05, 0) is 49.4 Å². The number of benzene rings is 2. The fourth-order valence-corrected chi connectivity index (χ4v) is 3.65. The highest BCUT2D eigenvalue weighted by Gasteiger charge is 2.35. The Morgan fingerprint density at radius 3 is 2.42 bits per heavy atom. The average Bonchev–Trinajstić information content (AvgIpc) is 3.65. The first-order valence-corrected chi connectivity index (χ1v) is 10.7. The van der Waals surface area contributed by atoms with Crippen molar-refractivity contribution in [1.29, 1.82) is 0 Å². The lowest BCUT2D eigenvalue weighted by Gasteiger charge is -2.29. The van der Waals surface area contributed by atoms with Crippen molar-refractivity contribution in [1.82, 2.24) is 14.7 Å². The van der Waals surface area contributed by atoms with Crippen LogP contribution in [0.5, 0.6) is 5.75 Å². The first kappa shape index (κ1) is 20.8. The van der Waals surface area contributed by atoms with Gasteiger partial charge >= 0.3 is 0 Å². The first-order chi connectivity index (χ1) is 15.1. The van der Waals surface area contributed by atoms with Crippen molar-refractivity contribution in [3.63, 3.8) is 0 Å². The van der Waals surface area contributed by atoms with Gasteiger partial charge in [-0.3, -0.25) is 9.59 Å². The smallest absolute Gasteiger partial charge is 0.274 e. The molecule has 1 fully saturated rings. The van der Waals surface area contributed by atoms with E-state index >= 15 is 0 Å².